The van der Waals surface area contributed by atoms with Crippen LogP contribution in [-0.4, -0.2) is 38.0 Å². The highest BCUT2D eigenvalue weighted by Gasteiger charge is 2.10. The molecule has 0 saturated heterocycles. The Hall–Kier alpha value is -2.90. The highest BCUT2D eigenvalue weighted by atomic mass is 32.1. The molecule has 27 heavy (non-hydrogen) atoms. The maximum absolute atomic E-state index is 12.3. The first-order valence-corrected chi connectivity index (χ1v) is 8.71. The van der Waals surface area contributed by atoms with Gasteiger partial charge in [-0.2, -0.15) is 0 Å². The molecule has 0 radical (unpaired) electrons. The molecule has 0 heterocycles. The molecule has 0 bridgehead atoms. The third-order valence-corrected chi connectivity index (χ3v) is 3.60. The topological polar surface area (TPSA) is 68.8 Å². The number of rotatable bonds is 9. The zero-order chi connectivity index (χ0) is 19.5. The van der Waals surface area contributed by atoms with Crippen molar-refractivity contribution in [2.75, 3.05) is 32.2 Å². The summed E-state index contributed by atoms with van der Waals surface area (Å²) in [5.41, 5.74) is 1.13. The molecule has 0 spiro atoms. The molecule has 0 unspecified atom stereocenters. The Bertz CT molecular complexity index is 778. The number of methoxy groups -OCH3 is 1. The van der Waals surface area contributed by atoms with Crippen LogP contribution >= 0.6 is 12.2 Å². The number of hydrogen-bond acceptors (Lipinski definition) is 5. The monoisotopic (exact) mass is 386 g/mol. The van der Waals surface area contributed by atoms with Crippen LogP contribution in [0.5, 0.6) is 11.5 Å². The minimum absolute atomic E-state index is 0.176. The second kappa shape index (κ2) is 10.9. The van der Waals surface area contributed by atoms with E-state index in [9.17, 15) is 4.79 Å². The van der Waals surface area contributed by atoms with Crippen molar-refractivity contribution in [3.05, 3.63) is 66.7 Å². The third-order valence-electron chi connectivity index (χ3n) is 3.39. The number of thiocarbonyl (C=S) groups is 1. The number of amides is 1. The van der Waals surface area contributed by atoms with E-state index in [-0.39, 0.29) is 11.0 Å². The van der Waals surface area contributed by atoms with E-state index in [2.05, 4.69) is 17.2 Å². The summed E-state index contributed by atoms with van der Waals surface area (Å²) in [7, 11) is 1.61. The summed E-state index contributed by atoms with van der Waals surface area (Å²) in [6.45, 7) is 4.94. The average molecular weight is 386 g/mol. The minimum atomic E-state index is -0.319. The third kappa shape index (κ3) is 6.73. The first kappa shape index (κ1) is 20.4. The van der Waals surface area contributed by atoms with Crippen molar-refractivity contribution in [1.82, 2.24) is 5.32 Å². The molecule has 1 amide bonds. The minimum Gasteiger partial charge on any atom is -0.491 e. The summed E-state index contributed by atoms with van der Waals surface area (Å²) < 4.78 is 15.9. The Morgan fingerprint density at radius 3 is 2.56 bits per heavy atom. The zero-order valence-electron chi connectivity index (χ0n) is 15.1. The molecule has 6 nitrogen and oxygen atoms in total. The van der Waals surface area contributed by atoms with Gasteiger partial charge >= 0.3 is 0 Å². The molecule has 0 aromatic heterocycles. The first-order valence-electron chi connectivity index (χ1n) is 8.31. The van der Waals surface area contributed by atoms with Crippen molar-refractivity contribution >= 4 is 28.9 Å². The van der Waals surface area contributed by atoms with Crippen LogP contribution < -0.4 is 20.1 Å². The van der Waals surface area contributed by atoms with E-state index in [1.165, 1.54) is 0 Å². The van der Waals surface area contributed by atoms with E-state index in [1.807, 2.05) is 18.2 Å². The lowest BCUT2D eigenvalue weighted by Gasteiger charge is -2.13. The van der Waals surface area contributed by atoms with Gasteiger partial charge in [-0.1, -0.05) is 24.8 Å². The van der Waals surface area contributed by atoms with Gasteiger partial charge < -0.3 is 19.5 Å². The maximum Gasteiger partial charge on any atom is 0.257 e. The standard InChI is InChI=1S/C20H22N2O4S/c1-3-12-26-18-7-5-4-6-17(18)21-20(27)22-19(23)15-8-10-16(11-9-15)25-14-13-24-2/h3-11H,1,12-14H2,2H3,(H2,21,22,23,27). The number of carbonyl (C=O) groups excluding carboxylic acids is 1. The number of para-hydroxylation sites is 2. The summed E-state index contributed by atoms with van der Waals surface area (Å²) in [4.78, 5) is 12.3. The molecule has 142 valence electrons. The second-order valence-corrected chi connectivity index (χ2v) is 5.78. The summed E-state index contributed by atoms with van der Waals surface area (Å²) >= 11 is 5.22. The molecule has 0 saturated carbocycles. The van der Waals surface area contributed by atoms with Gasteiger partial charge in [-0.3, -0.25) is 10.1 Å². The van der Waals surface area contributed by atoms with Gasteiger partial charge in [-0.15, -0.1) is 0 Å². The summed E-state index contributed by atoms with van der Waals surface area (Å²) in [6, 6.07) is 14.1. The van der Waals surface area contributed by atoms with Crippen LogP contribution in [0.1, 0.15) is 10.4 Å². The lowest BCUT2D eigenvalue weighted by atomic mass is 10.2. The Morgan fingerprint density at radius 1 is 1.11 bits per heavy atom. The Morgan fingerprint density at radius 2 is 1.85 bits per heavy atom. The van der Waals surface area contributed by atoms with Crippen LogP contribution in [0.4, 0.5) is 5.69 Å². The number of benzene rings is 2. The number of nitrogens with one attached hydrogen (secondary N) is 2. The fraction of sp³-hybridized carbons (Fsp3) is 0.200. The van der Waals surface area contributed by atoms with Gasteiger partial charge in [0.2, 0.25) is 0 Å². The van der Waals surface area contributed by atoms with Gasteiger partial charge in [0.05, 0.1) is 12.3 Å². The average Bonchev–Trinajstić information content (AvgIpc) is 2.68. The predicted octanol–water partition coefficient (Wildman–Crippen LogP) is 3.40. The number of ether oxygens (including phenoxy) is 3. The Kier molecular flexibility index (Phi) is 8.28. The SMILES string of the molecule is C=CCOc1ccccc1NC(=S)NC(=O)c1ccc(OCCOC)cc1. The lowest BCUT2D eigenvalue weighted by molar-refractivity contribution is 0.0977. The van der Waals surface area contributed by atoms with Gasteiger partial charge in [0.25, 0.3) is 5.91 Å². The van der Waals surface area contributed by atoms with Crippen LogP contribution in [-0.2, 0) is 4.74 Å². The van der Waals surface area contributed by atoms with E-state index < -0.39 is 0 Å². The van der Waals surface area contributed by atoms with Crippen LogP contribution in [0, 0.1) is 0 Å². The molecule has 0 fully saturated rings. The van der Waals surface area contributed by atoms with Gasteiger partial charge in [0.1, 0.15) is 24.7 Å². The summed E-state index contributed by atoms with van der Waals surface area (Å²) in [6.07, 6.45) is 1.65. The van der Waals surface area contributed by atoms with Crippen molar-refractivity contribution in [2.45, 2.75) is 0 Å². The van der Waals surface area contributed by atoms with Gasteiger partial charge in [-0.05, 0) is 48.6 Å². The fourth-order valence-corrected chi connectivity index (χ4v) is 2.32. The van der Waals surface area contributed by atoms with Gasteiger partial charge in [-0.25, -0.2) is 0 Å². The largest absolute Gasteiger partial charge is 0.491 e. The molecular weight excluding hydrogens is 364 g/mol. The van der Waals surface area contributed by atoms with Crippen molar-refractivity contribution in [3.63, 3.8) is 0 Å². The molecule has 2 rings (SSSR count). The quantitative estimate of drug-likeness (QED) is 0.391. The van der Waals surface area contributed by atoms with Gasteiger partial charge in [0, 0.05) is 12.7 Å². The highest BCUT2D eigenvalue weighted by Crippen LogP contribution is 2.23. The molecule has 2 aromatic rings. The molecule has 7 heteroatoms. The van der Waals surface area contributed by atoms with E-state index >= 15 is 0 Å². The molecular formula is C20H22N2O4S. The van der Waals surface area contributed by atoms with E-state index in [0.29, 0.717) is 42.6 Å². The van der Waals surface area contributed by atoms with Crippen LogP contribution in [0.2, 0.25) is 0 Å². The Balaban J connectivity index is 1.92. The van der Waals surface area contributed by atoms with Crippen molar-refractivity contribution < 1.29 is 19.0 Å². The summed E-state index contributed by atoms with van der Waals surface area (Å²) in [5, 5.41) is 5.79. The van der Waals surface area contributed by atoms with Crippen molar-refractivity contribution in [2.24, 2.45) is 0 Å². The van der Waals surface area contributed by atoms with Gasteiger partial charge in [0.15, 0.2) is 5.11 Å². The molecule has 2 N–H and O–H groups in total. The van der Waals surface area contributed by atoms with Crippen LogP contribution in [0.3, 0.4) is 0 Å². The molecule has 0 aliphatic carbocycles. The van der Waals surface area contributed by atoms with Crippen LogP contribution in [0.25, 0.3) is 0 Å². The predicted molar refractivity (Wildman–Crippen MR) is 110 cm³/mol. The lowest BCUT2D eigenvalue weighted by Crippen LogP contribution is -2.34. The second-order valence-electron chi connectivity index (χ2n) is 5.37. The zero-order valence-corrected chi connectivity index (χ0v) is 15.9. The normalized spacial score (nSPS) is 9.96. The fourth-order valence-electron chi connectivity index (χ4n) is 2.12. The Labute approximate surface area is 164 Å². The smallest absolute Gasteiger partial charge is 0.257 e. The molecule has 0 atom stereocenters. The molecule has 0 aliphatic heterocycles. The van der Waals surface area contributed by atoms with Crippen LogP contribution in [0.15, 0.2) is 61.2 Å². The van der Waals surface area contributed by atoms with E-state index in [4.69, 9.17) is 26.4 Å². The first-order chi connectivity index (χ1) is 13.1. The molecule has 2 aromatic carbocycles. The van der Waals surface area contributed by atoms with E-state index in [1.54, 1.807) is 43.5 Å². The number of anilines is 1. The van der Waals surface area contributed by atoms with E-state index in [0.717, 1.165) is 0 Å². The highest BCUT2D eigenvalue weighted by molar-refractivity contribution is 7.80. The summed E-state index contributed by atoms with van der Waals surface area (Å²) in [5.74, 6) is 0.963. The number of hydrogen-bond donors (Lipinski definition) is 2. The number of carbonyl (C=O) groups is 1. The molecule has 0 aliphatic rings. The van der Waals surface area contributed by atoms with Crippen molar-refractivity contribution in [1.29, 1.82) is 0 Å². The van der Waals surface area contributed by atoms with Crippen molar-refractivity contribution in [3.8, 4) is 11.5 Å². The maximum atomic E-state index is 12.3.